The van der Waals surface area contributed by atoms with Gasteiger partial charge in [-0.05, 0) is 50.2 Å². The van der Waals surface area contributed by atoms with Gasteiger partial charge in [-0.2, -0.15) is 5.01 Å². The van der Waals surface area contributed by atoms with E-state index in [0.29, 0.717) is 5.56 Å². The van der Waals surface area contributed by atoms with Crippen LogP contribution in [0.3, 0.4) is 0 Å². The molecule has 4 heteroatoms. The summed E-state index contributed by atoms with van der Waals surface area (Å²) in [5.74, 6) is -0.233. The molecule has 0 aromatic heterocycles. The van der Waals surface area contributed by atoms with Crippen molar-refractivity contribution in [2.45, 2.75) is 51.9 Å². The minimum Gasteiger partial charge on any atom is -0.267 e. The van der Waals surface area contributed by atoms with Crippen molar-refractivity contribution in [2.24, 2.45) is 5.10 Å². The number of amides is 1. The molecule has 0 saturated carbocycles. The van der Waals surface area contributed by atoms with Crippen LogP contribution in [0.2, 0.25) is 0 Å². The largest absolute Gasteiger partial charge is 0.279 e. The lowest BCUT2D eigenvalue weighted by Crippen LogP contribution is -2.27. The molecule has 22 heavy (non-hydrogen) atoms. The number of hydrogen-bond acceptors (Lipinski definition) is 3. The van der Waals surface area contributed by atoms with E-state index in [1.807, 2.05) is 30.3 Å². The minimum absolute atomic E-state index is 0.233. The molecule has 1 aliphatic rings. The van der Waals surface area contributed by atoms with Crippen LogP contribution in [0.4, 0.5) is 0 Å². The Bertz CT molecular complexity index is 601. The van der Waals surface area contributed by atoms with Crippen LogP contribution in [0.25, 0.3) is 0 Å². The molecular formula is C18H22N2O2. The first kappa shape index (κ1) is 16.2. The van der Waals surface area contributed by atoms with Crippen LogP contribution in [0, 0.1) is 0 Å². The third-order valence-corrected chi connectivity index (χ3v) is 3.92. The van der Waals surface area contributed by atoms with Gasteiger partial charge in [-0.3, -0.25) is 4.79 Å². The van der Waals surface area contributed by atoms with Gasteiger partial charge in [-0.1, -0.05) is 42.7 Å². The minimum atomic E-state index is -0.233. The maximum Gasteiger partial charge on any atom is 0.279 e. The van der Waals surface area contributed by atoms with E-state index in [1.54, 1.807) is 0 Å². The summed E-state index contributed by atoms with van der Waals surface area (Å²) in [6.07, 6.45) is 10.3. The van der Waals surface area contributed by atoms with E-state index in [4.69, 9.17) is 0 Å². The summed E-state index contributed by atoms with van der Waals surface area (Å²) in [5.41, 5.74) is 2.45. The number of carbonyl (C=O) groups excluding carboxylic acids is 2. The SMILES string of the molecule is CCCCc1ccccc1C(=O)N(N=C=O)C1=CCCCC1. The van der Waals surface area contributed by atoms with E-state index in [9.17, 15) is 9.59 Å². The third kappa shape index (κ3) is 3.92. The van der Waals surface area contributed by atoms with Gasteiger partial charge in [0.15, 0.2) is 0 Å². The van der Waals surface area contributed by atoms with E-state index in [0.717, 1.165) is 56.2 Å². The van der Waals surface area contributed by atoms with Crippen LogP contribution in [-0.4, -0.2) is 17.0 Å². The van der Waals surface area contributed by atoms with Gasteiger partial charge in [0, 0.05) is 11.3 Å². The summed E-state index contributed by atoms with van der Waals surface area (Å²) in [6, 6.07) is 7.57. The van der Waals surface area contributed by atoms with Crippen molar-refractivity contribution in [1.29, 1.82) is 0 Å². The number of hydrogen-bond donors (Lipinski definition) is 0. The molecule has 0 spiro atoms. The van der Waals surface area contributed by atoms with Crippen molar-refractivity contribution in [1.82, 2.24) is 5.01 Å². The van der Waals surface area contributed by atoms with Gasteiger partial charge in [-0.25, -0.2) is 4.79 Å². The van der Waals surface area contributed by atoms with Crippen molar-refractivity contribution in [3.05, 3.63) is 47.2 Å². The number of rotatable bonds is 6. The monoisotopic (exact) mass is 298 g/mol. The summed E-state index contributed by atoms with van der Waals surface area (Å²) in [4.78, 5) is 23.6. The Hall–Kier alpha value is -2.19. The van der Waals surface area contributed by atoms with Gasteiger partial charge in [0.2, 0.25) is 0 Å². The van der Waals surface area contributed by atoms with E-state index in [2.05, 4.69) is 12.0 Å². The first-order valence-corrected chi connectivity index (χ1v) is 7.97. The highest BCUT2D eigenvalue weighted by molar-refractivity contribution is 5.96. The molecule has 0 aliphatic heterocycles. The fourth-order valence-corrected chi connectivity index (χ4v) is 2.72. The van der Waals surface area contributed by atoms with Crippen LogP contribution in [0.15, 0.2) is 41.1 Å². The van der Waals surface area contributed by atoms with E-state index in [-0.39, 0.29) is 5.91 Å². The highest BCUT2D eigenvalue weighted by Gasteiger charge is 2.22. The van der Waals surface area contributed by atoms with Crippen LogP contribution >= 0.6 is 0 Å². The van der Waals surface area contributed by atoms with Crippen molar-refractivity contribution < 1.29 is 9.59 Å². The number of isocyanates is 1. The standard InChI is InChI=1S/C18H22N2O2/c1-2-3-9-15-10-7-8-13-17(15)18(22)20(19-14-21)16-11-5-4-6-12-16/h7-8,10-11,13H,2-6,9,12H2,1H3. The normalized spacial score (nSPS) is 14.0. The number of hydrazone groups is 1. The molecule has 0 unspecified atom stereocenters. The molecule has 0 saturated heterocycles. The predicted molar refractivity (Wildman–Crippen MR) is 85.9 cm³/mol. The zero-order valence-corrected chi connectivity index (χ0v) is 13.0. The molecule has 1 aromatic carbocycles. The number of benzene rings is 1. The number of aryl methyl sites for hydroxylation is 1. The number of carbonyl (C=O) groups is 1. The predicted octanol–water partition coefficient (Wildman–Crippen LogP) is 4.18. The first-order valence-electron chi connectivity index (χ1n) is 7.97. The molecule has 4 nitrogen and oxygen atoms in total. The lowest BCUT2D eigenvalue weighted by Gasteiger charge is -2.22. The molecule has 1 aromatic rings. The summed E-state index contributed by atoms with van der Waals surface area (Å²) in [7, 11) is 0. The summed E-state index contributed by atoms with van der Waals surface area (Å²) in [5, 5.41) is 4.89. The zero-order valence-electron chi connectivity index (χ0n) is 13.0. The Kier molecular flexibility index (Phi) is 6.11. The summed E-state index contributed by atoms with van der Waals surface area (Å²) >= 11 is 0. The van der Waals surface area contributed by atoms with Crippen molar-refractivity contribution in [3.8, 4) is 0 Å². The van der Waals surface area contributed by atoms with Crippen molar-refractivity contribution >= 4 is 12.0 Å². The lowest BCUT2D eigenvalue weighted by atomic mass is 10.00. The Morgan fingerprint density at radius 2 is 2.14 bits per heavy atom. The topological polar surface area (TPSA) is 49.7 Å². The molecule has 1 amide bonds. The van der Waals surface area contributed by atoms with E-state index in [1.165, 1.54) is 11.1 Å². The Morgan fingerprint density at radius 1 is 1.32 bits per heavy atom. The Balaban J connectivity index is 2.31. The molecule has 0 atom stereocenters. The molecule has 1 aliphatic carbocycles. The smallest absolute Gasteiger partial charge is 0.267 e. The molecule has 0 fully saturated rings. The Labute approximate surface area is 131 Å². The third-order valence-electron chi connectivity index (χ3n) is 3.92. The van der Waals surface area contributed by atoms with Gasteiger partial charge < -0.3 is 0 Å². The molecule has 2 rings (SSSR count). The maximum absolute atomic E-state index is 12.8. The maximum atomic E-state index is 12.8. The van der Waals surface area contributed by atoms with E-state index < -0.39 is 0 Å². The van der Waals surface area contributed by atoms with Crippen LogP contribution in [0.1, 0.15) is 61.4 Å². The molecule has 0 N–H and O–H groups in total. The van der Waals surface area contributed by atoms with Crippen molar-refractivity contribution in [2.75, 3.05) is 0 Å². The highest BCUT2D eigenvalue weighted by atomic mass is 16.2. The van der Waals surface area contributed by atoms with Gasteiger partial charge in [0.1, 0.15) is 0 Å². The van der Waals surface area contributed by atoms with Crippen molar-refractivity contribution in [3.63, 3.8) is 0 Å². The van der Waals surface area contributed by atoms with Gasteiger partial charge in [0.25, 0.3) is 12.0 Å². The second-order valence-electron chi connectivity index (χ2n) is 5.51. The van der Waals surface area contributed by atoms with Gasteiger partial charge in [0.05, 0.1) is 0 Å². The Morgan fingerprint density at radius 3 is 2.82 bits per heavy atom. The first-order chi connectivity index (χ1) is 10.8. The number of unbranched alkanes of at least 4 members (excludes halogenated alkanes) is 1. The zero-order chi connectivity index (χ0) is 15.8. The summed E-state index contributed by atoms with van der Waals surface area (Å²) < 4.78 is 0. The van der Waals surface area contributed by atoms with E-state index >= 15 is 0 Å². The number of allylic oxidation sites excluding steroid dienone is 2. The molecule has 0 heterocycles. The quantitative estimate of drug-likeness (QED) is 0.449. The number of nitrogens with zero attached hydrogens (tertiary/aromatic N) is 2. The fraction of sp³-hybridized carbons (Fsp3) is 0.444. The highest BCUT2D eigenvalue weighted by Crippen LogP contribution is 2.24. The van der Waals surface area contributed by atoms with Gasteiger partial charge >= 0.3 is 0 Å². The molecular weight excluding hydrogens is 276 g/mol. The summed E-state index contributed by atoms with van der Waals surface area (Å²) in [6.45, 7) is 2.13. The average Bonchev–Trinajstić information content (AvgIpc) is 2.58. The fourth-order valence-electron chi connectivity index (χ4n) is 2.72. The second-order valence-corrected chi connectivity index (χ2v) is 5.51. The molecule has 0 radical (unpaired) electrons. The van der Waals surface area contributed by atoms with Gasteiger partial charge in [-0.15, -0.1) is 0 Å². The van der Waals surface area contributed by atoms with Crippen LogP contribution in [0.5, 0.6) is 0 Å². The molecule has 0 bridgehead atoms. The van der Waals surface area contributed by atoms with Crippen LogP contribution in [-0.2, 0) is 11.2 Å². The average molecular weight is 298 g/mol. The molecule has 116 valence electrons. The second kappa shape index (κ2) is 8.30. The lowest BCUT2D eigenvalue weighted by molar-refractivity contribution is 0.0800. The van der Waals surface area contributed by atoms with Crippen LogP contribution < -0.4 is 0 Å².